The number of carbonyl (C=O) groups excluding carboxylic acids is 3. The van der Waals surface area contributed by atoms with Crippen molar-refractivity contribution in [2.75, 3.05) is 7.11 Å². The van der Waals surface area contributed by atoms with Crippen LogP contribution in [0.3, 0.4) is 0 Å². The largest absolute Gasteiger partial charge is 0.488 e. The molecule has 2 aromatic carbocycles. The molecule has 3 rings (SSSR count). The molecule has 0 aliphatic carbocycles. The first-order valence-electron chi connectivity index (χ1n) is 8.82. The van der Waals surface area contributed by atoms with Crippen LogP contribution in [0.2, 0.25) is 5.02 Å². The van der Waals surface area contributed by atoms with E-state index in [0.717, 1.165) is 26.7 Å². The van der Waals surface area contributed by atoms with Crippen LogP contribution in [0.5, 0.6) is 5.75 Å². The van der Waals surface area contributed by atoms with E-state index in [1.807, 2.05) is 24.3 Å². The van der Waals surface area contributed by atoms with Crippen LogP contribution < -0.4 is 4.74 Å². The molecule has 0 spiro atoms. The fourth-order valence-electron chi connectivity index (χ4n) is 2.77. The number of benzene rings is 2. The minimum Gasteiger partial charge on any atom is -0.488 e. The topological polar surface area (TPSA) is 72.9 Å². The monoisotopic (exact) mass is 509 g/mol. The Morgan fingerprint density at radius 2 is 2.00 bits per heavy atom. The number of amides is 2. The van der Waals surface area contributed by atoms with Crippen LogP contribution in [0.25, 0.3) is 6.08 Å². The number of ether oxygens (including phenoxy) is 2. The predicted molar refractivity (Wildman–Crippen MR) is 119 cm³/mol. The molecule has 0 N–H and O–H groups in total. The molecular weight excluding hydrogens is 494 g/mol. The van der Waals surface area contributed by atoms with Crippen molar-refractivity contribution in [2.45, 2.75) is 19.6 Å². The Hall–Kier alpha value is -2.29. The molecule has 2 amide bonds. The number of rotatable bonds is 6. The molecular formula is C21H17BrClNO5S. The summed E-state index contributed by atoms with van der Waals surface area (Å²) >= 11 is 10.4. The van der Waals surface area contributed by atoms with Crippen LogP contribution in [0.4, 0.5) is 4.79 Å². The fraction of sp³-hybridized carbons (Fsp3) is 0.190. The fourth-order valence-corrected chi connectivity index (χ4v) is 4.23. The second kappa shape index (κ2) is 9.68. The SMILES string of the molecule is COC(=O)[C@H](C)N1C(=O)S/C(=C/c2cc(Br)ccc2OCc2ccccc2Cl)C1=O. The first-order valence-corrected chi connectivity index (χ1v) is 10.8. The average Bonchev–Trinajstić information content (AvgIpc) is 3.00. The van der Waals surface area contributed by atoms with Crippen LogP contribution in [0, 0.1) is 0 Å². The lowest BCUT2D eigenvalue weighted by Crippen LogP contribution is -2.42. The normalized spacial score (nSPS) is 16.1. The molecule has 0 bridgehead atoms. The highest BCUT2D eigenvalue weighted by atomic mass is 79.9. The lowest BCUT2D eigenvalue weighted by Gasteiger charge is -2.18. The van der Waals surface area contributed by atoms with E-state index in [1.165, 1.54) is 14.0 Å². The third-order valence-electron chi connectivity index (χ3n) is 4.35. The lowest BCUT2D eigenvalue weighted by atomic mass is 10.1. The Morgan fingerprint density at radius 3 is 2.70 bits per heavy atom. The van der Waals surface area contributed by atoms with Gasteiger partial charge in [-0.2, -0.15) is 0 Å². The quantitative estimate of drug-likeness (QED) is 0.389. The van der Waals surface area contributed by atoms with Crippen molar-refractivity contribution >= 4 is 62.5 Å². The number of hydrogen-bond acceptors (Lipinski definition) is 6. The van der Waals surface area contributed by atoms with Gasteiger partial charge in [-0.3, -0.25) is 14.5 Å². The van der Waals surface area contributed by atoms with Crippen molar-refractivity contribution in [3.05, 3.63) is 68.0 Å². The van der Waals surface area contributed by atoms with Crippen molar-refractivity contribution in [1.82, 2.24) is 4.90 Å². The number of esters is 1. The summed E-state index contributed by atoms with van der Waals surface area (Å²) in [5.41, 5.74) is 1.42. The van der Waals surface area contributed by atoms with Crippen LogP contribution in [0.1, 0.15) is 18.1 Å². The number of imide groups is 1. The van der Waals surface area contributed by atoms with Gasteiger partial charge in [0.05, 0.1) is 12.0 Å². The van der Waals surface area contributed by atoms with Gasteiger partial charge in [0.25, 0.3) is 11.1 Å². The maximum absolute atomic E-state index is 12.7. The minimum absolute atomic E-state index is 0.191. The maximum atomic E-state index is 12.7. The Balaban J connectivity index is 1.87. The summed E-state index contributed by atoms with van der Waals surface area (Å²) in [4.78, 5) is 37.9. The molecule has 0 saturated carbocycles. The molecule has 156 valence electrons. The zero-order valence-electron chi connectivity index (χ0n) is 16.1. The Morgan fingerprint density at radius 1 is 1.27 bits per heavy atom. The van der Waals surface area contributed by atoms with E-state index in [1.54, 1.807) is 24.3 Å². The van der Waals surface area contributed by atoms with Gasteiger partial charge in [-0.25, -0.2) is 4.79 Å². The van der Waals surface area contributed by atoms with Gasteiger partial charge in [-0.05, 0) is 49.0 Å². The number of hydrogen-bond donors (Lipinski definition) is 0. The zero-order chi connectivity index (χ0) is 21.8. The van der Waals surface area contributed by atoms with E-state index in [2.05, 4.69) is 20.7 Å². The number of halogens is 2. The molecule has 1 heterocycles. The zero-order valence-corrected chi connectivity index (χ0v) is 19.2. The minimum atomic E-state index is -1.01. The second-order valence-electron chi connectivity index (χ2n) is 6.31. The lowest BCUT2D eigenvalue weighted by molar-refractivity contribution is -0.148. The van der Waals surface area contributed by atoms with E-state index >= 15 is 0 Å². The highest BCUT2D eigenvalue weighted by molar-refractivity contribution is 9.10. The van der Waals surface area contributed by atoms with Crippen LogP contribution >= 0.6 is 39.3 Å². The van der Waals surface area contributed by atoms with Crippen molar-refractivity contribution < 1.29 is 23.9 Å². The third-order valence-corrected chi connectivity index (χ3v) is 6.10. The van der Waals surface area contributed by atoms with E-state index in [0.29, 0.717) is 16.3 Å². The van der Waals surface area contributed by atoms with Crippen LogP contribution in [-0.4, -0.2) is 35.2 Å². The van der Waals surface area contributed by atoms with Crippen LogP contribution in [0.15, 0.2) is 51.8 Å². The van der Waals surface area contributed by atoms with Crippen molar-refractivity contribution in [3.8, 4) is 5.75 Å². The molecule has 9 heteroatoms. The molecule has 1 aliphatic rings. The van der Waals surface area contributed by atoms with Gasteiger partial charge < -0.3 is 9.47 Å². The Kier molecular flexibility index (Phi) is 7.23. The molecule has 0 unspecified atom stereocenters. The summed E-state index contributed by atoms with van der Waals surface area (Å²) in [5.74, 6) is -0.698. The summed E-state index contributed by atoms with van der Waals surface area (Å²) in [6, 6.07) is 11.7. The number of methoxy groups -OCH3 is 1. The summed E-state index contributed by atoms with van der Waals surface area (Å²) < 4.78 is 11.3. The standard InChI is InChI=1S/C21H17BrClNO5S/c1-12(20(26)28-2)24-19(25)18(30-21(24)27)10-14-9-15(22)7-8-17(14)29-11-13-5-3-4-6-16(13)23/h3-10,12H,11H2,1-2H3/b18-10+/t12-/m0/s1. The molecule has 0 aromatic heterocycles. The molecule has 1 atom stereocenters. The highest BCUT2D eigenvalue weighted by Crippen LogP contribution is 2.36. The van der Waals surface area contributed by atoms with Gasteiger partial charge in [0.15, 0.2) is 0 Å². The van der Waals surface area contributed by atoms with Gasteiger partial charge >= 0.3 is 5.97 Å². The van der Waals surface area contributed by atoms with Gasteiger partial charge in [-0.15, -0.1) is 0 Å². The predicted octanol–water partition coefficient (Wildman–Crippen LogP) is 5.28. The Bertz CT molecular complexity index is 1040. The average molecular weight is 511 g/mol. The maximum Gasteiger partial charge on any atom is 0.328 e. The molecule has 1 saturated heterocycles. The number of thioether (sulfide) groups is 1. The van der Waals surface area contributed by atoms with Gasteiger partial charge in [0.1, 0.15) is 18.4 Å². The van der Waals surface area contributed by atoms with Gasteiger partial charge in [0.2, 0.25) is 0 Å². The van der Waals surface area contributed by atoms with E-state index < -0.39 is 23.2 Å². The smallest absolute Gasteiger partial charge is 0.328 e. The highest BCUT2D eigenvalue weighted by Gasteiger charge is 2.41. The molecule has 2 aromatic rings. The second-order valence-corrected chi connectivity index (χ2v) is 8.63. The number of nitrogens with zero attached hydrogens (tertiary/aromatic N) is 1. The molecule has 6 nitrogen and oxygen atoms in total. The molecule has 1 fully saturated rings. The van der Waals surface area contributed by atoms with Crippen molar-refractivity contribution in [2.24, 2.45) is 0 Å². The molecule has 1 aliphatic heterocycles. The van der Waals surface area contributed by atoms with Crippen molar-refractivity contribution in [1.29, 1.82) is 0 Å². The van der Waals surface area contributed by atoms with E-state index in [4.69, 9.17) is 16.3 Å². The van der Waals surface area contributed by atoms with Gasteiger partial charge in [-0.1, -0.05) is 45.7 Å². The summed E-state index contributed by atoms with van der Waals surface area (Å²) in [5, 5.41) is 0.0618. The molecule has 30 heavy (non-hydrogen) atoms. The summed E-state index contributed by atoms with van der Waals surface area (Å²) in [7, 11) is 1.21. The first kappa shape index (κ1) is 22.4. The third kappa shape index (κ3) is 4.88. The number of carbonyl (C=O) groups is 3. The Labute approximate surface area is 191 Å². The summed E-state index contributed by atoms with van der Waals surface area (Å²) in [6.45, 7) is 1.69. The summed E-state index contributed by atoms with van der Waals surface area (Å²) in [6.07, 6.45) is 1.57. The van der Waals surface area contributed by atoms with E-state index in [9.17, 15) is 14.4 Å². The van der Waals surface area contributed by atoms with Crippen LogP contribution in [-0.2, 0) is 20.9 Å². The molecule has 0 radical (unpaired) electrons. The first-order chi connectivity index (χ1) is 14.3. The van der Waals surface area contributed by atoms with Gasteiger partial charge in [0, 0.05) is 20.6 Å². The van der Waals surface area contributed by atoms with Crippen molar-refractivity contribution in [3.63, 3.8) is 0 Å². The van der Waals surface area contributed by atoms with E-state index in [-0.39, 0.29) is 11.5 Å².